The first-order chi connectivity index (χ1) is 10.1. The molecule has 0 aliphatic heterocycles. The highest BCUT2D eigenvalue weighted by Gasteiger charge is 2.08. The van der Waals surface area contributed by atoms with E-state index in [1.54, 1.807) is 24.3 Å². The van der Waals surface area contributed by atoms with Crippen LogP contribution in [0.3, 0.4) is 0 Å². The van der Waals surface area contributed by atoms with Gasteiger partial charge < -0.3 is 16.3 Å². The van der Waals surface area contributed by atoms with Crippen LogP contribution >= 0.6 is 15.9 Å². The summed E-state index contributed by atoms with van der Waals surface area (Å²) in [4.78, 5) is 12.1. The van der Waals surface area contributed by atoms with Crippen molar-refractivity contribution in [3.63, 3.8) is 0 Å². The lowest BCUT2D eigenvalue weighted by Gasteiger charge is -2.08. The highest BCUT2D eigenvalue weighted by atomic mass is 79.9. The van der Waals surface area contributed by atoms with E-state index in [1.165, 1.54) is 0 Å². The molecule has 2 rings (SSSR count). The van der Waals surface area contributed by atoms with Crippen molar-refractivity contribution < 1.29 is 10.0 Å². The van der Waals surface area contributed by atoms with Crippen molar-refractivity contribution >= 4 is 27.7 Å². The molecule has 0 aliphatic carbocycles. The summed E-state index contributed by atoms with van der Waals surface area (Å²) in [5, 5.41) is 14.4. The lowest BCUT2D eigenvalue weighted by Crippen LogP contribution is -2.23. The van der Waals surface area contributed by atoms with Crippen LogP contribution in [0.4, 0.5) is 0 Å². The summed E-state index contributed by atoms with van der Waals surface area (Å²) in [5.74, 6) is -0.256. The molecule has 0 heterocycles. The number of nitrogens with zero attached hydrogens (tertiary/aromatic N) is 1. The summed E-state index contributed by atoms with van der Waals surface area (Å²) < 4.78 is 0.940. The molecule has 6 heteroatoms. The van der Waals surface area contributed by atoms with Crippen LogP contribution in [0.5, 0.6) is 0 Å². The Hall–Kier alpha value is -2.34. The van der Waals surface area contributed by atoms with E-state index in [1.807, 2.05) is 24.3 Å². The normalized spacial score (nSPS) is 11.2. The molecule has 21 heavy (non-hydrogen) atoms. The maximum Gasteiger partial charge on any atom is 0.251 e. The predicted octanol–water partition coefficient (Wildman–Crippen LogP) is 2.47. The van der Waals surface area contributed by atoms with Crippen LogP contribution in [0.25, 0.3) is 0 Å². The smallest absolute Gasteiger partial charge is 0.251 e. The summed E-state index contributed by atoms with van der Waals surface area (Å²) >= 11 is 3.43. The maximum atomic E-state index is 12.1. The van der Waals surface area contributed by atoms with Crippen molar-refractivity contribution in [3.05, 3.63) is 69.7 Å². The zero-order valence-electron chi connectivity index (χ0n) is 11.1. The van der Waals surface area contributed by atoms with Gasteiger partial charge in [0.25, 0.3) is 5.91 Å². The highest BCUT2D eigenvalue weighted by molar-refractivity contribution is 9.10. The fourth-order valence-electron chi connectivity index (χ4n) is 1.80. The van der Waals surface area contributed by atoms with Crippen LogP contribution in [0.1, 0.15) is 21.5 Å². The summed E-state index contributed by atoms with van der Waals surface area (Å²) in [6, 6.07) is 14.3. The number of nitrogens with one attached hydrogen (secondary N) is 1. The topological polar surface area (TPSA) is 87.7 Å². The van der Waals surface area contributed by atoms with Crippen molar-refractivity contribution in [2.75, 3.05) is 0 Å². The number of benzene rings is 2. The molecular weight excluding hydrogens is 334 g/mol. The van der Waals surface area contributed by atoms with E-state index in [2.05, 4.69) is 26.4 Å². The van der Waals surface area contributed by atoms with Crippen molar-refractivity contribution in [2.45, 2.75) is 6.54 Å². The first-order valence-electron chi connectivity index (χ1n) is 6.21. The van der Waals surface area contributed by atoms with Gasteiger partial charge in [0.1, 0.15) is 0 Å². The number of hydrogen-bond acceptors (Lipinski definition) is 3. The van der Waals surface area contributed by atoms with Crippen molar-refractivity contribution in [1.29, 1.82) is 0 Å². The van der Waals surface area contributed by atoms with Crippen molar-refractivity contribution in [2.24, 2.45) is 10.9 Å². The van der Waals surface area contributed by atoms with Gasteiger partial charge in [-0.15, -0.1) is 0 Å². The Morgan fingerprint density at radius 2 is 1.90 bits per heavy atom. The molecule has 2 aromatic carbocycles. The molecule has 2 aromatic rings. The van der Waals surface area contributed by atoms with Gasteiger partial charge in [0, 0.05) is 22.1 Å². The van der Waals surface area contributed by atoms with Crippen molar-refractivity contribution in [1.82, 2.24) is 5.32 Å². The molecule has 0 saturated carbocycles. The fraction of sp³-hybridized carbons (Fsp3) is 0.0667. The molecule has 0 aliphatic rings. The summed E-state index contributed by atoms with van der Waals surface area (Å²) in [7, 11) is 0. The highest BCUT2D eigenvalue weighted by Crippen LogP contribution is 2.15. The minimum atomic E-state index is -0.224. The zero-order valence-corrected chi connectivity index (χ0v) is 12.7. The predicted molar refractivity (Wildman–Crippen MR) is 84.3 cm³/mol. The Labute approximate surface area is 130 Å². The Balaban J connectivity index is 2.09. The largest absolute Gasteiger partial charge is 0.409 e. The number of nitrogens with two attached hydrogens (primary N) is 1. The molecule has 4 N–H and O–H groups in total. The van der Waals surface area contributed by atoms with Gasteiger partial charge in [0.05, 0.1) is 0 Å². The number of hydrogen-bond donors (Lipinski definition) is 3. The standard InChI is InChI=1S/C15H14BrN3O2/c16-13-7-2-1-4-12(13)9-18-15(20)11-6-3-5-10(8-11)14(17)19-21/h1-8,21H,9H2,(H2,17,19)(H,18,20). The fourth-order valence-corrected chi connectivity index (χ4v) is 2.22. The van der Waals surface area contributed by atoms with E-state index in [4.69, 9.17) is 10.9 Å². The van der Waals surface area contributed by atoms with Gasteiger partial charge in [-0.25, -0.2) is 0 Å². The molecule has 0 spiro atoms. The molecule has 0 radical (unpaired) electrons. The Bertz CT molecular complexity index is 686. The van der Waals surface area contributed by atoms with Gasteiger partial charge in [-0.05, 0) is 23.8 Å². The Morgan fingerprint density at radius 3 is 2.62 bits per heavy atom. The monoisotopic (exact) mass is 347 g/mol. The van der Waals surface area contributed by atoms with Crippen LogP contribution in [-0.2, 0) is 6.54 Å². The van der Waals surface area contributed by atoms with Gasteiger partial charge in [-0.1, -0.05) is 51.4 Å². The van der Waals surface area contributed by atoms with E-state index in [9.17, 15) is 4.79 Å². The second-order valence-corrected chi connectivity index (χ2v) is 5.19. The molecule has 0 fully saturated rings. The lowest BCUT2D eigenvalue weighted by atomic mass is 10.1. The van der Waals surface area contributed by atoms with Crippen LogP contribution < -0.4 is 11.1 Å². The van der Waals surface area contributed by atoms with Gasteiger partial charge in [-0.2, -0.15) is 0 Å². The molecule has 108 valence electrons. The average molecular weight is 348 g/mol. The first kappa shape index (κ1) is 15.1. The summed E-state index contributed by atoms with van der Waals surface area (Å²) in [5.41, 5.74) is 7.44. The number of carbonyl (C=O) groups excluding carboxylic acids is 1. The van der Waals surface area contributed by atoms with E-state index < -0.39 is 0 Å². The van der Waals surface area contributed by atoms with Crippen LogP contribution in [0.2, 0.25) is 0 Å². The third kappa shape index (κ3) is 3.82. The zero-order chi connectivity index (χ0) is 15.2. The minimum absolute atomic E-state index is 0.0320. The number of halogens is 1. The minimum Gasteiger partial charge on any atom is -0.409 e. The molecule has 0 atom stereocenters. The number of amides is 1. The number of carbonyl (C=O) groups is 1. The van der Waals surface area contributed by atoms with E-state index in [-0.39, 0.29) is 11.7 Å². The van der Waals surface area contributed by atoms with Crippen LogP contribution in [0.15, 0.2) is 58.2 Å². The Morgan fingerprint density at radius 1 is 1.19 bits per heavy atom. The number of amidine groups is 1. The molecule has 5 nitrogen and oxygen atoms in total. The molecule has 0 aromatic heterocycles. The van der Waals surface area contributed by atoms with Gasteiger partial charge >= 0.3 is 0 Å². The SMILES string of the molecule is NC(=NO)c1cccc(C(=O)NCc2ccccc2Br)c1. The van der Waals surface area contributed by atoms with Gasteiger partial charge in [0.15, 0.2) is 5.84 Å². The van der Waals surface area contributed by atoms with Gasteiger partial charge in [0.2, 0.25) is 0 Å². The third-order valence-electron chi connectivity index (χ3n) is 2.93. The molecule has 0 unspecified atom stereocenters. The molecule has 0 saturated heterocycles. The van der Waals surface area contributed by atoms with Crippen molar-refractivity contribution in [3.8, 4) is 0 Å². The first-order valence-corrected chi connectivity index (χ1v) is 7.00. The summed E-state index contributed by atoms with van der Waals surface area (Å²) in [6.45, 7) is 0.411. The lowest BCUT2D eigenvalue weighted by molar-refractivity contribution is 0.0951. The van der Waals surface area contributed by atoms with Crippen LogP contribution in [0, 0.1) is 0 Å². The second kappa shape index (κ2) is 6.90. The average Bonchev–Trinajstić information content (AvgIpc) is 2.53. The van der Waals surface area contributed by atoms with E-state index in [0.717, 1.165) is 10.0 Å². The van der Waals surface area contributed by atoms with Crippen LogP contribution in [-0.4, -0.2) is 17.0 Å². The Kier molecular flexibility index (Phi) is 4.94. The number of oxime groups is 1. The molecule has 1 amide bonds. The molecular formula is C15H14BrN3O2. The van der Waals surface area contributed by atoms with E-state index in [0.29, 0.717) is 17.7 Å². The maximum absolute atomic E-state index is 12.1. The quantitative estimate of drug-likeness (QED) is 0.343. The second-order valence-electron chi connectivity index (χ2n) is 4.34. The van der Waals surface area contributed by atoms with E-state index >= 15 is 0 Å². The third-order valence-corrected chi connectivity index (χ3v) is 3.70. The molecule has 0 bridgehead atoms. The number of rotatable bonds is 4. The summed E-state index contributed by atoms with van der Waals surface area (Å²) in [6.07, 6.45) is 0. The van der Waals surface area contributed by atoms with Gasteiger partial charge in [-0.3, -0.25) is 4.79 Å².